The summed E-state index contributed by atoms with van der Waals surface area (Å²) >= 11 is 3.41. The highest BCUT2D eigenvalue weighted by Crippen LogP contribution is 2.25. The predicted molar refractivity (Wildman–Crippen MR) is 67.8 cm³/mol. The first-order valence-corrected chi connectivity index (χ1v) is 5.98. The predicted octanol–water partition coefficient (Wildman–Crippen LogP) is 3.58. The van der Waals surface area contributed by atoms with E-state index in [2.05, 4.69) is 34.9 Å². The Morgan fingerprint density at radius 1 is 1.44 bits per heavy atom. The molecule has 3 nitrogen and oxygen atoms in total. The summed E-state index contributed by atoms with van der Waals surface area (Å²) in [5.41, 5.74) is 1.55. The van der Waals surface area contributed by atoms with E-state index in [1.165, 1.54) is 0 Å². The summed E-state index contributed by atoms with van der Waals surface area (Å²) in [6.45, 7) is 5.66. The summed E-state index contributed by atoms with van der Waals surface area (Å²) < 4.78 is 2.85. The number of hydrogen-bond acceptors (Lipinski definition) is 2. The molecule has 0 spiro atoms. The van der Waals surface area contributed by atoms with Crippen molar-refractivity contribution in [2.45, 2.75) is 26.8 Å². The van der Waals surface area contributed by atoms with Crippen LogP contribution in [-0.2, 0) is 0 Å². The minimum absolute atomic E-state index is 0.00231. The van der Waals surface area contributed by atoms with Gasteiger partial charge in [0.15, 0.2) is 5.78 Å². The second kappa shape index (κ2) is 4.01. The molecule has 0 aliphatic heterocycles. The molecule has 16 heavy (non-hydrogen) atoms. The van der Waals surface area contributed by atoms with Crippen LogP contribution >= 0.6 is 15.9 Å². The molecule has 1 aromatic heterocycles. The van der Waals surface area contributed by atoms with Crippen molar-refractivity contribution >= 4 is 32.6 Å². The average molecular weight is 281 g/mol. The number of carbonyl (C=O) groups excluding carboxylic acids is 1. The van der Waals surface area contributed by atoms with Crippen LogP contribution < -0.4 is 0 Å². The van der Waals surface area contributed by atoms with Gasteiger partial charge in [0.05, 0.1) is 5.52 Å². The minimum Gasteiger partial charge on any atom is -0.293 e. The summed E-state index contributed by atoms with van der Waals surface area (Å²) in [6, 6.07) is 6.14. The van der Waals surface area contributed by atoms with Crippen LogP contribution in [0, 0.1) is 0 Å². The zero-order valence-electron chi connectivity index (χ0n) is 9.49. The van der Waals surface area contributed by atoms with Crippen LogP contribution in [0.1, 0.15) is 37.3 Å². The maximum atomic E-state index is 11.5. The van der Waals surface area contributed by atoms with Gasteiger partial charge in [0.25, 0.3) is 0 Å². The van der Waals surface area contributed by atoms with Crippen LogP contribution in [0.3, 0.4) is 0 Å². The fraction of sp³-hybridized carbons (Fsp3) is 0.333. The van der Waals surface area contributed by atoms with Crippen molar-refractivity contribution in [3.8, 4) is 0 Å². The number of rotatable bonds is 2. The van der Waals surface area contributed by atoms with Gasteiger partial charge in [0, 0.05) is 22.8 Å². The SMILES string of the molecule is CC(=O)c1nn(C(C)C)c2ccc(Br)cc12. The Morgan fingerprint density at radius 3 is 2.69 bits per heavy atom. The van der Waals surface area contributed by atoms with E-state index in [9.17, 15) is 4.79 Å². The van der Waals surface area contributed by atoms with Crippen molar-refractivity contribution in [1.29, 1.82) is 0 Å². The zero-order valence-corrected chi connectivity index (χ0v) is 11.1. The lowest BCUT2D eigenvalue weighted by atomic mass is 10.1. The van der Waals surface area contributed by atoms with E-state index in [1.54, 1.807) is 6.92 Å². The van der Waals surface area contributed by atoms with Gasteiger partial charge in [0.1, 0.15) is 5.69 Å². The van der Waals surface area contributed by atoms with Gasteiger partial charge in [0.2, 0.25) is 0 Å². The largest absolute Gasteiger partial charge is 0.293 e. The number of carbonyl (C=O) groups is 1. The number of fused-ring (bicyclic) bond motifs is 1. The highest BCUT2D eigenvalue weighted by atomic mass is 79.9. The Balaban J connectivity index is 2.81. The van der Waals surface area contributed by atoms with Crippen molar-refractivity contribution < 1.29 is 4.79 Å². The third-order valence-electron chi connectivity index (χ3n) is 2.49. The molecule has 0 aliphatic carbocycles. The van der Waals surface area contributed by atoms with Gasteiger partial charge in [-0.3, -0.25) is 9.48 Å². The van der Waals surface area contributed by atoms with Crippen LogP contribution in [0.25, 0.3) is 10.9 Å². The van der Waals surface area contributed by atoms with E-state index in [0.717, 1.165) is 15.4 Å². The van der Waals surface area contributed by atoms with Crippen molar-refractivity contribution in [2.75, 3.05) is 0 Å². The molecule has 0 saturated heterocycles. The van der Waals surface area contributed by atoms with Gasteiger partial charge in [-0.1, -0.05) is 15.9 Å². The molecule has 0 saturated carbocycles. The smallest absolute Gasteiger partial charge is 0.180 e. The summed E-state index contributed by atoms with van der Waals surface area (Å²) in [5, 5.41) is 5.29. The summed E-state index contributed by atoms with van der Waals surface area (Å²) in [4.78, 5) is 11.5. The van der Waals surface area contributed by atoms with Gasteiger partial charge in [-0.25, -0.2) is 0 Å². The molecule has 0 unspecified atom stereocenters. The van der Waals surface area contributed by atoms with Crippen LogP contribution in [0.15, 0.2) is 22.7 Å². The minimum atomic E-state index is 0.00231. The fourth-order valence-corrected chi connectivity index (χ4v) is 2.13. The lowest BCUT2D eigenvalue weighted by Crippen LogP contribution is -2.04. The highest BCUT2D eigenvalue weighted by molar-refractivity contribution is 9.10. The molecule has 1 heterocycles. The maximum Gasteiger partial charge on any atom is 0.180 e. The number of Topliss-reactive ketones (excluding diaryl/α,β-unsaturated/α-hetero) is 1. The second-order valence-corrected chi connectivity index (χ2v) is 5.02. The van der Waals surface area contributed by atoms with Gasteiger partial charge in [-0.15, -0.1) is 0 Å². The number of hydrogen-bond donors (Lipinski definition) is 0. The summed E-state index contributed by atoms with van der Waals surface area (Å²) in [5.74, 6) is 0.00231. The van der Waals surface area contributed by atoms with Gasteiger partial charge in [-0.05, 0) is 32.0 Å². The second-order valence-electron chi connectivity index (χ2n) is 4.10. The van der Waals surface area contributed by atoms with E-state index >= 15 is 0 Å². The third-order valence-corrected chi connectivity index (χ3v) is 2.98. The average Bonchev–Trinajstić information content (AvgIpc) is 2.56. The molecule has 1 aromatic carbocycles. The van der Waals surface area contributed by atoms with Gasteiger partial charge < -0.3 is 0 Å². The van der Waals surface area contributed by atoms with E-state index in [4.69, 9.17) is 0 Å². The maximum absolute atomic E-state index is 11.5. The molecule has 84 valence electrons. The third kappa shape index (κ3) is 1.78. The first-order chi connectivity index (χ1) is 7.50. The van der Waals surface area contributed by atoms with Gasteiger partial charge >= 0.3 is 0 Å². The van der Waals surface area contributed by atoms with E-state index in [0.29, 0.717) is 5.69 Å². The Bertz CT molecular complexity index is 557. The Morgan fingerprint density at radius 2 is 2.12 bits per heavy atom. The first-order valence-electron chi connectivity index (χ1n) is 5.19. The first kappa shape index (κ1) is 11.3. The molecule has 2 rings (SSSR count). The molecule has 0 bridgehead atoms. The van der Waals surface area contributed by atoms with Gasteiger partial charge in [-0.2, -0.15) is 5.10 Å². The molecule has 0 atom stereocenters. The molecule has 4 heteroatoms. The van der Waals surface area contributed by atoms with E-state index < -0.39 is 0 Å². The lowest BCUT2D eigenvalue weighted by Gasteiger charge is -2.06. The topological polar surface area (TPSA) is 34.9 Å². The highest BCUT2D eigenvalue weighted by Gasteiger charge is 2.15. The molecule has 0 amide bonds. The van der Waals surface area contributed by atoms with E-state index in [1.807, 2.05) is 22.9 Å². The fourth-order valence-electron chi connectivity index (χ4n) is 1.77. The zero-order chi connectivity index (χ0) is 11.9. The quantitative estimate of drug-likeness (QED) is 0.788. The molecule has 0 radical (unpaired) electrons. The number of ketones is 1. The van der Waals surface area contributed by atoms with Crippen molar-refractivity contribution in [3.05, 3.63) is 28.4 Å². The number of benzene rings is 1. The number of halogens is 1. The van der Waals surface area contributed by atoms with Crippen LogP contribution in [0.4, 0.5) is 0 Å². The van der Waals surface area contributed by atoms with Crippen LogP contribution in [-0.4, -0.2) is 15.6 Å². The summed E-state index contributed by atoms with van der Waals surface area (Å²) in [7, 11) is 0. The Kier molecular flexibility index (Phi) is 2.84. The number of nitrogens with zero attached hydrogens (tertiary/aromatic N) is 2. The molecular weight excluding hydrogens is 268 g/mol. The monoisotopic (exact) mass is 280 g/mol. The van der Waals surface area contributed by atoms with Crippen LogP contribution in [0.2, 0.25) is 0 Å². The number of aromatic nitrogens is 2. The van der Waals surface area contributed by atoms with E-state index in [-0.39, 0.29) is 11.8 Å². The Labute approximate surface area is 103 Å². The van der Waals surface area contributed by atoms with Crippen LogP contribution in [0.5, 0.6) is 0 Å². The molecule has 2 aromatic rings. The van der Waals surface area contributed by atoms with Crippen molar-refractivity contribution in [3.63, 3.8) is 0 Å². The standard InChI is InChI=1S/C12H13BrN2O/c1-7(2)15-11-5-4-9(13)6-10(11)12(14-15)8(3)16/h4-7H,1-3H3. The normalized spacial score (nSPS) is 11.3. The Hall–Kier alpha value is -1.16. The molecule has 0 aliphatic rings. The molecule has 0 N–H and O–H groups in total. The van der Waals surface area contributed by atoms with Crippen molar-refractivity contribution in [1.82, 2.24) is 9.78 Å². The summed E-state index contributed by atoms with van der Waals surface area (Å²) in [6.07, 6.45) is 0. The lowest BCUT2D eigenvalue weighted by molar-refractivity contribution is 0.101. The molecular formula is C12H13BrN2O. The molecule has 0 fully saturated rings. The van der Waals surface area contributed by atoms with Crippen molar-refractivity contribution in [2.24, 2.45) is 0 Å².